The van der Waals surface area contributed by atoms with E-state index in [2.05, 4.69) is 20.6 Å². The van der Waals surface area contributed by atoms with Gasteiger partial charge < -0.3 is 25.1 Å². The molecule has 0 saturated heterocycles. The average molecular weight is 579 g/mol. The van der Waals surface area contributed by atoms with Crippen LogP contribution in [0.3, 0.4) is 0 Å². The van der Waals surface area contributed by atoms with E-state index >= 15 is 0 Å². The van der Waals surface area contributed by atoms with E-state index in [-0.39, 0.29) is 42.6 Å². The first-order valence-electron chi connectivity index (χ1n) is 12.4. The number of carbonyl (C=O) groups is 3. The molecule has 39 heavy (non-hydrogen) atoms. The van der Waals surface area contributed by atoms with E-state index in [4.69, 9.17) is 21.1 Å². The molecule has 4 rings (SSSR count). The Morgan fingerprint density at radius 3 is 2.72 bits per heavy atom. The third kappa shape index (κ3) is 7.84. The van der Waals surface area contributed by atoms with Crippen LogP contribution >= 0.6 is 22.9 Å². The summed E-state index contributed by atoms with van der Waals surface area (Å²) in [6.07, 6.45) is 3.38. The van der Waals surface area contributed by atoms with Crippen molar-refractivity contribution in [2.75, 3.05) is 13.2 Å². The number of esters is 1. The van der Waals surface area contributed by atoms with Crippen LogP contribution in [0.1, 0.15) is 54.4 Å². The highest BCUT2D eigenvalue weighted by Crippen LogP contribution is 2.26. The van der Waals surface area contributed by atoms with Gasteiger partial charge in [-0.1, -0.05) is 17.7 Å². The second-order valence-corrected chi connectivity index (χ2v) is 10.6. The smallest absolute Gasteiger partial charge is 0.303 e. The zero-order chi connectivity index (χ0) is 27.9. The van der Waals surface area contributed by atoms with Crippen molar-refractivity contribution in [3.8, 4) is 0 Å². The van der Waals surface area contributed by atoms with Gasteiger partial charge in [-0.3, -0.25) is 19.2 Å². The fraction of sp³-hybridized carbons (Fsp3) is 0.423. The minimum Gasteiger partial charge on any atom is -0.456 e. The van der Waals surface area contributed by atoms with E-state index in [0.29, 0.717) is 33.9 Å². The number of aromatic nitrogens is 2. The third-order valence-corrected chi connectivity index (χ3v) is 7.61. The lowest BCUT2D eigenvalue weighted by atomic mass is 9.86. The van der Waals surface area contributed by atoms with Crippen molar-refractivity contribution in [3.05, 3.63) is 61.7 Å². The van der Waals surface area contributed by atoms with E-state index in [1.807, 2.05) is 0 Å². The first kappa shape index (κ1) is 28.7. The van der Waals surface area contributed by atoms with Crippen molar-refractivity contribution in [2.45, 2.75) is 51.8 Å². The molecular formula is C26H28ClFN4O6S. The molecular weight excluding hydrogens is 551 g/mol. The Bertz CT molecular complexity index is 1420. The highest BCUT2D eigenvalue weighted by Gasteiger charge is 2.23. The summed E-state index contributed by atoms with van der Waals surface area (Å²) in [5, 5.41) is 7.67. The Kier molecular flexibility index (Phi) is 9.65. The number of carbonyl (C=O) groups excluding carboxylic acids is 3. The summed E-state index contributed by atoms with van der Waals surface area (Å²) in [6.45, 7) is 1.84. The molecule has 0 bridgehead atoms. The average Bonchev–Trinajstić information content (AvgIpc) is 3.32. The van der Waals surface area contributed by atoms with E-state index in [1.54, 1.807) is 5.38 Å². The van der Waals surface area contributed by atoms with Crippen LogP contribution in [0.4, 0.5) is 4.39 Å². The van der Waals surface area contributed by atoms with Gasteiger partial charge in [-0.05, 0) is 54.7 Å². The van der Waals surface area contributed by atoms with Crippen LogP contribution in [0.2, 0.25) is 5.02 Å². The van der Waals surface area contributed by atoms with Crippen LogP contribution in [-0.2, 0) is 32.2 Å². The van der Waals surface area contributed by atoms with Gasteiger partial charge in [-0.2, -0.15) is 0 Å². The predicted octanol–water partition coefficient (Wildman–Crippen LogP) is 3.46. The van der Waals surface area contributed by atoms with Gasteiger partial charge in [0, 0.05) is 31.7 Å². The van der Waals surface area contributed by atoms with Crippen LogP contribution in [0.15, 0.2) is 28.4 Å². The zero-order valence-electron chi connectivity index (χ0n) is 21.2. The molecule has 0 unspecified atom stereocenters. The molecule has 208 valence electrons. The lowest BCUT2D eigenvalue weighted by Crippen LogP contribution is -2.40. The Morgan fingerprint density at radius 2 is 2.00 bits per heavy atom. The number of halogens is 2. The molecule has 1 fully saturated rings. The SMILES string of the molecule is CC(=O)OCC(=O)NC1CCC(COCc2csc3nc(C(=O)NCc4ccc(F)c(Cl)c4)[nH]c(=O)c23)CC1. The first-order chi connectivity index (χ1) is 18.7. The van der Waals surface area contributed by atoms with E-state index < -0.39 is 23.3 Å². The van der Waals surface area contributed by atoms with Crippen molar-refractivity contribution in [2.24, 2.45) is 5.92 Å². The maximum Gasteiger partial charge on any atom is 0.303 e. The lowest BCUT2D eigenvalue weighted by Gasteiger charge is -2.28. The fourth-order valence-corrected chi connectivity index (χ4v) is 5.51. The van der Waals surface area contributed by atoms with Gasteiger partial charge in [0.25, 0.3) is 17.4 Å². The summed E-state index contributed by atoms with van der Waals surface area (Å²) >= 11 is 7.03. The summed E-state index contributed by atoms with van der Waals surface area (Å²) in [7, 11) is 0. The summed E-state index contributed by atoms with van der Waals surface area (Å²) in [5.41, 5.74) is 0.870. The number of rotatable bonds is 10. The predicted molar refractivity (Wildman–Crippen MR) is 143 cm³/mol. The number of hydrogen-bond acceptors (Lipinski definition) is 8. The molecule has 1 saturated carbocycles. The fourth-order valence-electron chi connectivity index (χ4n) is 4.38. The molecule has 10 nitrogen and oxygen atoms in total. The number of H-pyrrole nitrogens is 1. The number of hydrogen-bond donors (Lipinski definition) is 3. The zero-order valence-corrected chi connectivity index (χ0v) is 22.8. The minimum absolute atomic E-state index is 0.0442. The number of fused-ring (bicyclic) bond motifs is 1. The van der Waals surface area contributed by atoms with Crippen LogP contribution in [0, 0.1) is 11.7 Å². The molecule has 0 spiro atoms. The Morgan fingerprint density at radius 1 is 1.23 bits per heavy atom. The van der Waals surface area contributed by atoms with Crippen LogP contribution in [0.25, 0.3) is 10.2 Å². The van der Waals surface area contributed by atoms with Gasteiger partial charge in [-0.25, -0.2) is 9.37 Å². The largest absolute Gasteiger partial charge is 0.456 e. The molecule has 3 aromatic rings. The van der Waals surface area contributed by atoms with Gasteiger partial charge in [-0.15, -0.1) is 11.3 Å². The monoisotopic (exact) mass is 578 g/mol. The summed E-state index contributed by atoms with van der Waals surface area (Å²) in [6, 6.07) is 4.19. The van der Waals surface area contributed by atoms with Gasteiger partial charge in [0.05, 0.1) is 17.0 Å². The Labute approximate surface area is 232 Å². The number of nitrogens with one attached hydrogen (secondary N) is 3. The number of amides is 2. The van der Waals surface area contributed by atoms with Gasteiger partial charge >= 0.3 is 5.97 Å². The van der Waals surface area contributed by atoms with Crippen LogP contribution < -0.4 is 16.2 Å². The Balaban J connectivity index is 1.25. The minimum atomic E-state index is -0.571. The molecule has 13 heteroatoms. The maximum atomic E-state index is 13.3. The molecule has 0 radical (unpaired) electrons. The first-order valence-corrected chi connectivity index (χ1v) is 13.7. The standard InChI is InChI=1S/C26H28ClFN4O6S/c1-14(33)38-12-21(34)30-18-5-2-15(3-6-18)10-37-11-17-13-39-26-22(17)24(35)31-23(32-26)25(36)29-9-16-4-7-20(28)19(27)8-16/h4,7-8,13,15,18H,2-3,5-6,9-12H2,1H3,(H,29,36)(H,30,34)(H,31,32,35). The van der Waals surface area contributed by atoms with E-state index in [9.17, 15) is 23.6 Å². The van der Waals surface area contributed by atoms with Crippen LogP contribution in [-0.4, -0.2) is 47.0 Å². The molecule has 0 atom stereocenters. The van der Waals surface area contributed by atoms with Crippen molar-refractivity contribution in [1.82, 2.24) is 20.6 Å². The maximum absolute atomic E-state index is 13.3. The highest BCUT2D eigenvalue weighted by molar-refractivity contribution is 7.16. The summed E-state index contributed by atoms with van der Waals surface area (Å²) in [5.74, 6) is -1.69. The number of aromatic amines is 1. The summed E-state index contributed by atoms with van der Waals surface area (Å²) < 4.78 is 23.9. The summed E-state index contributed by atoms with van der Waals surface area (Å²) in [4.78, 5) is 55.2. The number of ether oxygens (including phenoxy) is 2. The molecule has 1 aromatic carbocycles. The molecule has 1 aliphatic carbocycles. The van der Waals surface area contributed by atoms with Gasteiger partial charge in [0.15, 0.2) is 6.61 Å². The number of benzene rings is 1. The molecule has 2 aromatic heterocycles. The van der Waals surface area contributed by atoms with Gasteiger partial charge in [0.2, 0.25) is 5.82 Å². The van der Waals surface area contributed by atoms with Crippen molar-refractivity contribution >= 4 is 50.9 Å². The second-order valence-electron chi connectivity index (χ2n) is 9.37. The lowest BCUT2D eigenvalue weighted by molar-refractivity contribution is -0.146. The molecule has 1 aliphatic rings. The molecule has 3 N–H and O–H groups in total. The van der Waals surface area contributed by atoms with Crippen molar-refractivity contribution in [3.63, 3.8) is 0 Å². The van der Waals surface area contributed by atoms with Crippen molar-refractivity contribution in [1.29, 1.82) is 0 Å². The van der Waals surface area contributed by atoms with Crippen LogP contribution in [0.5, 0.6) is 0 Å². The quantitative estimate of drug-likeness (QED) is 0.313. The van der Waals surface area contributed by atoms with Crippen molar-refractivity contribution < 1.29 is 28.2 Å². The van der Waals surface area contributed by atoms with E-state index in [1.165, 1.54) is 36.5 Å². The third-order valence-electron chi connectivity index (χ3n) is 6.40. The molecule has 0 aliphatic heterocycles. The normalized spacial score (nSPS) is 17.1. The number of thiophene rings is 1. The van der Waals surface area contributed by atoms with Gasteiger partial charge in [0.1, 0.15) is 10.6 Å². The highest BCUT2D eigenvalue weighted by atomic mass is 35.5. The number of nitrogens with zero attached hydrogens (tertiary/aromatic N) is 1. The van der Waals surface area contributed by atoms with E-state index in [0.717, 1.165) is 25.7 Å². The molecule has 2 heterocycles. The second kappa shape index (κ2) is 13.1. The molecule has 2 amide bonds. The Hall–Kier alpha value is -3.35. The topological polar surface area (TPSA) is 139 Å².